The monoisotopic (exact) mass is 577 g/mol. The first-order valence-corrected chi connectivity index (χ1v) is 15.8. The molecule has 1 aliphatic carbocycles. The van der Waals surface area contributed by atoms with E-state index in [1.165, 1.54) is 66.5 Å². The molecule has 7 aromatic rings. The summed E-state index contributed by atoms with van der Waals surface area (Å²) in [6, 6.07) is 57.8. The first kappa shape index (κ1) is 27.2. The van der Waals surface area contributed by atoms with Crippen LogP contribution >= 0.6 is 0 Å². The molecule has 0 unspecified atom stereocenters. The Morgan fingerprint density at radius 1 is 0.400 bits per heavy atom. The van der Waals surface area contributed by atoms with Crippen molar-refractivity contribution >= 4 is 27.8 Å². The molecule has 8 rings (SSSR count). The van der Waals surface area contributed by atoms with E-state index >= 15 is 0 Å². The van der Waals surface area contributed by atoms with Crippen molar-refractivity contribution in [3.05, 3.63) is 174 Å². The lowest BCUT2D eigenvalue weighted by Gasteiger charge is -2.28. The van der Waals surface area contributed by atoms with Gasteiger partial charge in [-0.3, -0.25) is 0 Å². The predicted molar refractivity (Wildman–Crippen MR) is 192 cm³/mol. The number of rotatable bonds is 5. The number of benzene rings is 7. The van der Waals surface area contributed by atoms with E-state index in [0.29, 0.717) is 0 Å². The molecule has 0 amide bonds. The Labute approximate surface area is 266 Å². The third-order valence-electron chi connectivity index (χ3n) is 9.53. The minimum atomic E-state index is -0.134. The van der Waals surface area contributed by atoms with Crippen LogP contribution in [-0.2, 0) is 5.41 Å². The van der Waals surface area contributed by atoms with Crippen molar-refractivity contribution in [2.45, 2.75) is 26.2 Å². The second kappa shape index (κ2) is 10.6. The molecule has 0 spiro atoms. The normalized spacial score (nSPS) is 13.0. The van der Waals surface area contributed by atoms with Gasteiger partial charge in [-0.1, -0.05) is 129 Å². The van der Waals surface area contributed by atoms with E-state index in [2.05, 4.69) is 183 Å². The van der Waals surface area contributed by atoms with E-state index in [0.717, 1.165) is 11.4 Å². The molecule has 45 heavy (non-hydrogen) atoms. The lowest BCUT2D eigenvalue weighted by molar-refractivity contribution is 0.660. The summed E-state index contributed by atoms with van der Waals surface area (Å²) in [7, 11) is 0. The van der Waals surface area contributed by atoms with Gasteiger partial charge in [0.1, 0.15) is 0 Å². The average molecular weight is 578 g/mol. The molecule has 0 saturated heterocycles. The van der Waals surface area contributed by atoms with Gasteiger partial charge in [0.05, 0.1) is 0 Å². The summed E-state index contributed by atoms with van der Waals surface area (Å²) in [4.78, 5) is 2.37. The topological polar surface area (TPSA) is 3.24 Å². The Morgan fingerprint density at radius 2 is 0.911 bits per heavy atom. The van der Waals surface area contributed by atoms with Gasteiger partial charge in [0.25, 0.3) is 0 Å². The molecule has 7 aromatic carbocycles. The van der Waals surface area contributed by atoms with Gasteiger partial charge in [-0.05, 0) is 111 Å². The summed E-state index contributed by atoms with van der Waals surface area (Å²) in [5.41, 5.74) is 15.0. The molecule has 1 heteroatoms. The quantitative estimate of drug-likeness (QED) is 0.197. The van der Waals surface area contributed by atoms with Crippen molar-refractivity contribution in [3.8, 4) is 33.4 Å². The number of anilines is 3. The number of hydrogen-bond donors (Lipinski definition) is 0. The summed E-state index contributed by atoms with van der Waals surface area (Å²) in [6.07, 6.45) is 0. The van der Waals surface area contributed by atoms with E-state index in [9.17, 15) is 0 Å². The van der Waals surface area contributed by atoms with Gasteiger partial charge >= 0.3 is 0 Å². The van der Waals surface area contributed by atoms with Crippen LogP contribution in [0.25, 0.3) is 44.2 Å². The lowest BCUT2D eigenvalue weighted by Crippen LogP contribution is -2.16. The predicted octanol–water partition coefficient (Wildman–Crippen LogP) is 12.3. The summed E-state index contributed by atoms with van der Waals surface area (Å²) in [5, 5.41) is 2.55. The number of aryl methyl sites for hydroxylation is 1. The van der Waals surface area contributed by atoms with Crippen molar-refractivity contribution in [3.63, 3.8) is 0 Å². The van der Waals surface area contributed by atoms with Gasteiger partial charge in [-0.25, -0.2) is 0 Å². The van der Waals surface area contributed by atoms with Crippen LogP contribution in [0, 0.1) is 6.92 Å². The largest absolute Gasteiger partial charge is 0.310 e. The third kappa shape index (κ3) is 4.73. The molecule has 216 valence electrons. The SMILES string of the molecule is Cc1ccc(-c2ccc(N(c3ccccc3)c3ccc4c(c3)C(C)(C)c3cc(-c5ccc6ccccc6c5)ccc3-4)cc2)cc1. The molecular formula is C44H35N. The number of hydrogen-bond acceptors (Lipinski definition) is 1. The molecule has 0 N–H and O–H groups in total. The van der Waals surface area contributed by atoms with Crippen LogP contribution in [0.2, 0.25) is 0 Å². The lowest BCUT2D eigenvalue weighted by atomic mass is 9.81. The highest BCUT2D eigenvalue weighted by atomic mass is 15.1. The zero-order valence-electron chi connectivity index (χ0n) is 26.0. The number of fused-ring (bicyclic) bond motifs is 4. The Hall–Kier alpha value is -5.40. The molecule has 0 radical (unpaired) electrons. The highest BCUT2D eigenvalue weighted by molar-refractivity contribution is 5.90. The average Bonchev–Trinajstić information content (AvgIpc) is 3.31. The first-order valence-electron chi connectivity index (χ1n) is 15.8. The fourth-order valence-electron chi connectivity index (χ4n) is 6.99. The van der Waals surface area contributed by atoms with E-state index in [4.69, 9.17) is 0 Å². The van der Waals surface area contributed by atoms with Crippen LogP contribution in [0.4, 0.5) is 17.1 Å². The minimum absolute atomic E-state index is 0.134. The molecule has 0 aliphatic heterocycles. The van der Waals surface area contributed by atoms with Gasteiger partial charge in [-0.2, -0.15) is 0 Å². The molecule has 1 nitrogen and oxygen atoms in total. The van der Waals surface area contributed by atoms with E-state index in [-0.39, 0.29) is 5.41 Å². The van der Waals surface area contributed by atoms with Crippen LogP contribution in [0.15, 0.2) is 158 Å². The second-order valence-corrected chi connectivity index (χ2v) is 12.8. The van der Waals surface area contributed by atoms with Crippen molar-refractivity contribution in [1.29, 1.82) is 0 Å². The molecule has 0 fully saturated rings. The second-order valence-electron chi connectivity index (χ2n) is 12.8. The van der Waals surface area contributed by atoms with Crippen molar-refractivity contribution < 1.29 is 0 Å². The van der Waals surface area contributed by atoms with Gasteiger partial charge < -0.3 is 4.90 Å². The maximum Gasteiger partial charge on any atom is 0.0465 e. The smallest absolute Gasteiger partial charge is 0.0465 e. The summed E-state index contributed by atoms with van der Waals surface area (Å²) in [6.45, 7) is 6.87. The Balaban J connectivity index is 1.19. The molecule has 0 bridgehead atoms. The van der Waals surface area contributed by atoms with Crippen LogP contribution in [0.3, 0.4) is 0 Å². The van der Waals surface area contributed by atoms with Crippen LogP contribution in [-0.4, -0.2) is 0 Å². The van der Waals surface area contributed by atoms with Gasteiger partial charge in [0.15, 0.2) is 0 Å². The zero-order chi connectivity index (χ0) is 30.5. The van der Waals surface area contributed by atoms with Gasteiger partial charge in [0.2, 0.25) is 0 Å². The zero-order valence-corrected chi connectivity index (χ0v) is 26.0. The highest BCUT2D eigenvalue weighted by Crippen LogP contribution is 2.51. The maximum atomic E-state index is 2.41. The van der Waals surface area contributed by atoms with E-state index in [1.54, 1.807) is 0 Å². The van der Waals surface area contributed by atoms with Crippen molar-refractivity contribution in [1.82, 2.24) is 0 Å². The molecule has 0 saturated carbocycles. The standard InChI is InChI=1S/C44H35N/c1-30-13-15-32(16-14-30)33-19-22-38(23-20-33)45(37-11-5-4-6-12-37)39-24-26-41-40-25-21-36(28-42(40)44(2,3)43(41)29-39)35-18-17-31-9-7-8-10-34(31)27-35/h4-29H,1-3H3. The van der Waals surface area contributed by atoms with Crippen molar-refractivity contribution in [2.24, 2.45) is 0 Å². The van der Waals surface area contributed by atoms with E-state index < -0.39 is 0 Å². The van der Waals surface area contributed by atoms with E-state index in [1.807, 2.05) is 0 Å². The summed E-state index contributed by atoms with van der Waals surface area (Å²) < 4.78 is 0. The Kier molecular flexibility index (Phi) is 6.43. The van der Waals surface area contributed by atoms with Crippen LogP contribution in [0.1, 0.15) is 30.5 Å². The van der Waals surface area contributed by atoms with Gasteiger partial charge in [0, 0.05) is 22.5 Å². The fraction of sp³-hybridized carbons (Fsp3) is 0.0909. The first-order chi connectivity index (χ1) is 22.0. The van der Waals surface area contributed by atoms with Gasteiger partial charge in [-0.15, -0.1) is 0 Å². The molecule has 0 heterocycles. The number of nitrogens with zero attached hydrogens (tertiary/aromatic N) is 1. The third-order valence-corrected chi connectivity index (χ3v) is 9.53. The molecule has 0 atom stereocenters. The van der Waals surface area contributed by atoms with Crippen LogP contribution in [0.5, 0.6) is 0 Å². The van der Waals surface area contributed by atoms with Crippen molar-refractivity contribution in [2.75, 3.05) is 4.90 Å². The minimum Gasteiger partial charge on any atom is -0.310 e. The molecular weight excluding hydrogens is 542 g/mol. The Bertz CT molecular complexity index is 2170. The molecule has 0 aromatic heterocycles. The maximum absolute atomic E-state index is 2.41. The number of para-hydroxylation sites is 1. The van der Waals surface area contributed by atoms with Crippen LogP contribution < -0.4 is 4.90 Å². The highest BCUT2D eigenvalue weighted by Gasteiger charge is 2.36. The summed E-state index contributed by atoms with van der Waals surface area (Å²) >= 11 is 0. The fourth-order valence-corrected chi connectivity index (χ4v) is 6.99. The molecule has 1 aliphatic rings. The Morgan fingerprint density at radius 3 is 1.64 bits per heavy atom. The summed E-state index contributed by atoms with van der Waals surface area (Å²) in [5.74, 6) is 0.